The first-order valence-corrected chi connectivity index (χ1v) is 12.4. The molecule has 3 aromatic carbocycles. The fraction of sp³-hybridized carbons (Fsp3) is 0.167. The summed E-state index contributed by atoms with van der Waals surface area (Å²) in [5.74, 6) is 0.183. The Balaban J connectivity index is 1.40. The van der Waals surface area contributed by atoms with E-state index in [2.05, 4.69) is 20.8 Å². The molecule has 4 rings (SSSR count). The summed E-state index contributed by atoms with van der Waals surface area (Å²) in [6, 6.07) is 26.7. The van der Waals surface area contributed by atoms with E-state index in [9.17, 15) is 9.59 Å². The summed E-state index contributed by atoms with van der Waals surface area (Å²) in [5.41, 5.74) is 7.52. The normalized spacial score (nSPS) is 10.8. The lowest BCUT2D eigenvalue weighted by molar-refractivity contribution is -0.120. The molecule has 0 fully saturated rings. The quantitative estimate of drug-likeness (QED) is 0.195. The van der Waals surface area contributed by atoms with Gasteiger partial charge in [-0.15, -0.1) is 0 Å². The molecule has 0 radical (unpaired) electrons. The van der Waals surface area contributed by atoms with Gasteiger partial charge in [0.1, 0.15) is 0 Å². The molecule has 0 unspecified atom stereocenters. The summed E-state index contributed by atoms with van der Waals surface area (Å²) >= 11 is 0. The zero-order valence-electron chi connectivity index (χ0n) is 21.4. The van der Waals surface area contributed by atoms with Gasteiger partial charge in [-0.2, -0.15) is 5.10 Å². The molecule has 8 heteroatoms. The van der Waals surface area contributed by atoms with Gasteiger partial charge in [0.05, 0.1) is 31.7 Å². The van der Waals surface area contributed by atoms with Crippen molar-refractivity contribution in [3.05, 3.63) is 96.1 Å². The van der Waals surface area contributed by atoms with Crippen LogP contribution >= 0.6 is 0 Å². The van der Waals surface area contributed by atoms with Gasteiger partial charge in [0, 0.05) is 16.8 Å². The number of hydrogen-bond donors (Lipinski definition) is 3. The SMILES string of the molecule is CCOc1ccc(C(=O)NCC(=O)NN=Cc2cc(-c3ccccc3)[nH]c2-c2ccccc2)cc1OCC. The second-order valence-electron chi connectivity index (χ2n) is 8.25. The van der Waals surface area contributed by atoms with Crippen LogP contribution in [0.15, 0.2) is 90.0 Å². The molecule has 0 saturated heterocycles. The highest BCUT2D eigenvalue weighted by Gasteiger charge is 2.13. The first-order chi connectivity index (χ1) is 18.6. The molecule has 0 aliphatic rings. The zero-order valence-corrected chi connectivity index (χ0v) is 21.4. The second-order valence-corrected chi connectivity index (χ2v) is 8.25. The van der Waals surface area contributed by atoms with Crippen molar-refractivity contribution in [1.82, 2.24) is 15.7 Å². The molecule has 0 atom stereocenters. The molecule has 0 bridgehead atoms. The molecule has 1 aromatic heterocycles. The Labute approximate surface area is 221 Å². The highest BCUT2D eigenvalue weighted by atomic mass is 16.5. The predicted molar refractivity (Wildman–Crippen MR) is 149 cm³/mol. The van der Waals surface area contributed by atoms with Gasteiger partial charge in [-0.25, -0.2) is 5.43 Å². The van der Waals surface area contributed by atoms with Gasteiger partial charge in [0.2, 0.25) is 0 Å². The number of ether oxygens (including phenoxy) is 2. The van der Waals surface area contributed by atoms with E-state index >= 15 is 0 Å². The number of aromatic nitrogens is 1. The van der Waals surface area contributed by atoms with Crippen molar-refractivity contribution in [2.45, 2.75) is 13.8 Å². The standard InChI is InChI=1S/C30H30N4O4/c1-3-37-26-16-15-23(18-27(26)38-4-2)30(36)31-20-28(35)34-32-19-24-17-25(21-11-7-5-8-12-21)33-29(24)22-13-9-6-10-14-22/h5-19,33H,3-4,20H2,1-2H3,(H,31,36)(H,34,35). The average molecular weight is 511 g/mol. The van der Waals surface area contributed by atoms with Crippen LogP contribution in [0, 0.1) is 0 Å². The third-order valence-corrected chi connectivity index (χ3v) is 5.60. The maximum absolute atomic E-state index is 12.6. The van der Waals surface area contributed by atoms with Crippen molar-refractivity contribution < 1.29 is 19.1 Å². The number of benzene rings is 3. The van der Waals surface area contributed by atoms with Crippen molar-refractivity contribution >= 4 is 18.0 Å². The van der Waals surface area contributed by atoms with E-state index in [1.807, 2.05) is 80.6 Å². The molecular weight excluding hydrogens is 480 g/mol. The molecule has 0 aliphatic heterocycles. The van der Waals surface area contributed by atoms with Crippen LogP contribution in [-0.4, -0.2) is 42.8 Å². The molecule has 2 amide bonds. The number of carbonyl (C=O) groups excluding carboxylic acids is 2. The lowest BCUT2D eigenvalue weighted by Crippen LogP contribution is -2.34. The summed E-state index contributed by atoms with van der Waals surface area (Å²) in [4.78, 5) is 28.4. The molecular formula is C30H30N4O4. The van der Waals surface area contributed by atoms with E-state index in [-0.39, 0.29) is 6.54 Å². The van der Waals surface area contributed by atoms with Gasteiger partial charge in [-0.3, -0.25) is 9.59 Å². The van der Waals surface area contributed by atoms with Gasteiger partial charge in [0.15, 0.2) is 11.5 Å². The number of H-pyrrole nitrogens is 1. The highest BCUT2D eigenvalue weighted by Crippen LogP contribution is 2.29. The van der Waals surface area contributed by atoms with Crippen LogP contribution < -0.4 is 20.2 Å². The highest BCUT2D eigenvalue weighted by molar-refractivity contribution is 5.97. The van der Waals surface area contributed by atoms with Crippen LogP contribution in [-0.2, 0) is 4.79 Å². The number of carbonyl (C=O) groups is 2. The van der Waals surface area contributed by atoms with E-state index in [0.29, 0.717) is 30.3 Å². The first-order valence-electron chi connectivity index (χ1n) is 12.4. The van der Waals surface area contributed by atoms with E-state index in [4.69, 9.17) is 9.47 Å². The summed E-state index contributed by atoms with van der Waals surface area (Å²) in [6.45, 7) is 4.41. The Morgan fingerprint density at radius 3 is 2.18 bits per heavy atom. The molecule has 194 valence electrons. The third kappa shape index (κ3) is 6.67. The summed E-state index contributed by atoms with van der Waals surface area (Å²) in [7, 11) is 0. The van der Waals surface area contributed by atoms with E-state index < -0.39 is 11.8 Å². The van der Waals surface area contributed by atoms with E-state index in [1.54, 1.807) is 24.4 Å². The Bertz CT molecular complexity index is 1400. The Morgan fingerprint density at radius 2 is 1.50 bits per heavy atom. The molecule has 0 saturated carbocycles. The fourth-order valence-electron chi connectivity index (χ4n) is 3.86. The fourth-order valence-corrected chi connectivity index (χ4v) is 3.86. The van der Waals surface area contributed by atoms with Crippen LogP contribution in [0.3, 0.4) is 0 Å². The Morgan fingerprint density at radius 1 is 0.842 bits per heavy atom. The van der Waals surface area contributed by atoms with Crippen molar-refractivity contribution in [2.24, 2.45) is 5.10 Å². The minimum absolute atomic E-state index is 0.235. The molecule has 1 heterocycles. The lowest BCUT2D eigenvalue weighted by atomic mass is 10.1. The summed E-state index contributed by atoms with van der Waals surface area (Å²) in [5, 5.41) is 6.73. The molecule has 38 heavy (non-hydrogen) atoms. The van der Waals surface area contributed by atoms with E-state index in [1.165, 1.54) is 0 Å². The van der Waals surface area contributed by atoms with Crippen molar-refractivity contribution in [3.63, 3.8) is 0 Å². The minimum atomic E-state index is -0.453. The van der Waals surface area contributed by atoms with Crippen LogP contribution in [0.2, 0.25) is 0 Å². The Kier molecular flexibility index (Phi) is 8.91. The smallest absolute Gasteiger partial charge is 0.259 e. The molecule has 8 nitrogen and oxygen atoms in total. The average Bonchev–Trinajstić information content (AvgIpc) is 3.38. The minimum Gasteiger partial charge on any atom is -0.490 e. The number of amides is 2. The maximum Gasteiger partial charge on any atom is 0.259 e. The lowest BCUT2D eigenvalue weighted by Gasteiger charge is -2.12. The second kappa shape index (κ2) is 12.9. The summed E-state index contributed by atoms with van der Waals surface area (Å²) in [6.07, 6.45) is 1.59. The van der Waals surface area contributed by atoms with Gasteiger partial charge in [-0.05, 0) is 49.2 Å². The number of hydrogen-bond acceptors (Lipinski definition) is 5. The van der Waals surface area contributed by atoms with Gasteiger partial charge in [0.25, 0.3) is 11.8 Å². The number of rotatable bonds is 11. The molecule has 0 spiro atoms. The number of hydrazone groups is 1. The van der Waals surface area contributed by atoms with Crippen molar-refractivity contribution in [3.8, 4) is 34.0 Å². The maximum atomic E-state index is 12.6. The zero-order chi connectivity index (χ0) is 26.7. The molecule has 4 aromatic rings. The number of nitrogens with zero attached hydrogens (tertiary/aromatic N) is 1. The van der Waals surface area contributed by atoms with Gasteiger partial charge in [-0.1, -0.05) is 60.7 Å². The largest absolute Gasteiger partial charge is 0.490 e. The monoisotopic (exact) mass is 510 g/mol. The van der Waals surface area contributed by atoms with E-state index in [0.717, 1.165) is 28.1 Å². The van der Waals surface area contributed by atoms with Gasteiger partial charge >= 0.3 is 0 Å². The van der Waals surface area contributed by atoms with Crippen LogP contribution in [0.4, 0.5) is 0 Å². The number of aromatic amines is 1. The Hall–Kier alpha value is -4.85. The first kappa shape index (κ1) is 26.2. The van der Waals surface area contributed by atoms with Crippen LogP contribution in [0.25, 0.3) is 22.5 Å². The van der Waals surface area contributed by atoms with Gasteiger partial charge < -0.3 is 19.8 Å². The third-order valence-electron chi connectivity index (χ3n) is 5.60. The topological polar surface area (TPSA) is 105 Å². The van der Waals surface area contributed by atoms with Crippen LogP contribution in [0.1, 0.15) is 29.8 Å². The van der Waals surface area contributed by atoms with Crippen LogP contribution in [0.5, 0.6) is 11.5 Å². The summed E-state index contributed by atoms with van der Waals surface area (Å²) < 4.78 is 11.1. The molecule has 3 N–H and O–H groups in total. The van der Waals surface area contributed by atoms with Crippen molar-refractivity contribution in [2.75, 3.05) is 19.8 Å². The molecule has 0 aliphatic carbocycles. The van der Waals surface area contributed by atoms with Crippen molar-refractivity contribution in [1.29, 1.82) is 0 Å². The predicted octanol–water partition coefficient (Wildman–Crippen LogP) is 5.03. The number of nitrogens with one attached hydrogen (secondary N) is 3.